The van der Waals surface area contributed by atoms with E-state index in [4.69, 9.17) is 0 Å². The Morgan fingerprint density at radius 1 is 0.857 bits per heavy atom. The Morgan fingerprint density at radius 3 is 2.14 bits per heavy atom. The number of hydrogen-bond donors (Lipinski definition) is 1. The molecule has 2 aliphatic heterocycles. The van der Waals surface area contributed by atoms with E-state index in [0.717, 1.165) is 31.8 Å². The first-order chi connectivity index (χ1) is 10.3. The van der Waals surface area contributed by atoms with Crippen molar-refractivity contribution in [2.75, 3.05) is 32.7 Å². The minimum absolute atomic E-state index is 0.346. The molecule has 0 aromatic rings. The predicted octanol–water partition coefficient (Wildman–Crippen LogP) is 1.87. The first-order valence-electron chi connectivity index (χ1n) is 9.45. The maximum Gasteiger partial charge on any atom is 0.226 e. The molecule has 2 saturated heterocycles. The summed E-state index contributed by atoms with van der Waals surface area (Å²) in [6.45, 7) is 5.90. The largest absolute Gasteiger partial charge is 0.342 e. The number of hydrogen-bond acceptors (Lipinski definition) is 1. The third-order valence-electron chi connectivity index (χ3n) is 6.01. The lowest BCUT2D eigenvalue weighted by atomic mass is 9.87. The maximum atomic E-state index is 12.6. The molecule has 1 aliphatic carbocycles. The topological polar surface area (TPSA) is 24.8 Å². The SMILES string of the molecule is O=C(C1CC[NH+](CC2CCCCC2)CC1)N1CCCCC1. The normalized spacial score (nSPS) is 32.1. The molecule has 1 saturated carbocycles. The van der Waals surface area contributed by atoms with Crippen molar-refractivity contribution in [2.24, 2.45) is 11.8 Å². The molecule has 0 unspecified atom stereocenters. The minimum atomic E-state index is 0.346. The Bertz CT molecular complexity index is 324. The van der Waals surface area contributed by atoms with Crippen molar-refractivity contribution >= 4 is 5.91 Å². The van der Waals surface area contributed by atoms with E-state index in [-0.39, 0.29) is 0 Å². The first-order valence-corrected chi connectivity index (χ1v) is 9.45. The van der Waals surface area contributed by atoms with Gasteiger partial charge in [-0.3, -0.25) is 4.79 Å². The molecule has 0 aromatic carbocycles. The van der Waals surface area contributed by atoms with Crippen molar-refractivity contribution in [3.63, 3.8) is 0 Å². The van der Waals surface area contributed by atoms with Gasteiger partial charge < -0.3 is 9.80 Å². The monoisotopic (exact) mass is 293 g/mol. The van der Waals surface area contributed by atoms with Crippen molar-refractivity contribution in [1.82, 2.24) is 4.90 Å². The van der Waals surface area contributed by atoms with Crippen LogP contribution in [0.4, 0.5) is 0 Å². The van der Waals surface area contributed by atoms with Crippen LogP contribution < -0.4 is 4.90 Å². The Balaban J connectivity index is 1.40. The van der Waals surface area contributed by atoms with Crippen LogP contribution in [0.2, 0.25) is 0 Å². The highest BCUT2D eigenvalue weighted by molar-refractivity contribution is 5.79. The number of amides is 1. The lowest BCUT2D eigenvalue weighted by Gasteiger charge is -2.35. The van der Waals surface area contributed by atoms with Crippen molar-refractivity contribution in [3.8, 4) is 0 Å². The van der Waals surface area contributed by atoms with Gasteiger partial charge in [-0.2, -0.15) is 0 Å². The van der Waals surface area contributed by atoms with E-state index in [2.05, 4.69) is 4.90 Å². The second-order valence-electron chi connectivity index (χ2n) is 7.62. The molecule has 2 heterocycles. The van der Waals surface area contributed by atoms with E-state index in [1.165, 1.54) is 71.0 Å². The van der Waals surface area contributed by atoms with Crippen LogP contribution in [-0.2, 0) is 4.79 Å². The van der Waals surface area contributed by atoms with Crippen LogP contribution in [0.3, 0.4) is 0 Å². The van der Waals surface area contributed by atoms with Gasteiger partial charge in [0, 0.05) is 37.8 Å². The highest BCUT2D eigenvalue weighted by atomic mass is 16.2. The summed E-state index contributed by atoms with van der Waals surface area (Å²) in [5.41, 5.74) is 0. The second-order valence-corrected chi connectivity index (χ2v) is 7.62. The molecule has 0 spiro atoms. The number of nitrogens with one attached hydrogen (secondary N) is 1. The summed E-state index contributed by atoms with van der Waals surface area (Å²) in [6.07, 6.45) is 13.3. The van der Waals surface area contributed by atoms with Gasteiger partial charge in [0.05, 0.1) is 19.6 Å². The Labute approximate surface area is 130 Å². The van der Waals surface area contributed by atoms with Gasteiger partial charge in [-0.25, -0.2) is 0 Å². The smallest absolute Gasteiger partial charge is 0.226 e. The van der Waals surface area contributed by atoms with Gasteiger partial charge in [-0.1, -0.05) is 19.3 Å². The van der Waals surface area contributed by atoms with E-state index < -0.39 is 0 Å². The molecular formula is C18H33N2O+. The van der Waals surface area contributed by atoms with E-state index >= 15 is 0 Å². The molecular weight excluding hydrogens is 260 g/mol. The van der Waals surface area contributed by atoms with Gasteiger partial charge in [-0.05, 0) is 32.1 Å². The van der Waals surface area contributed by atoms with Crippen molar-refractivity contribution in [1.29, 1.82) is 0 Å². The fourth-order valence-electron chi connectivity index (χ4n) is 4.65. The number of likely N-dealkylation sites (tertiary alicyclic amines) is 2. The Morgan fingerprint density at radius 2 is 1.48 bits per heavy atom. The molecule has 3 rings (SSSR count). The van der Waals surface area contributed by atoms with Gasteiger partial charge in [0.1, 0.15) is 0 Å². The zero-order valence-corrected chi connectivity index (χ0v) is 13.6. The van der Waals surface area contributed by atoms with Gasteiger partial charge in [-0.15, -0.1) is 0 Å². The molecule has 3 aliphatic rings. The summed E-state index contributed by atoms with van der Waals surface area (Å²) in [4.78, 5) is 16.5. The highest BCUT2D eigenvalue weighted by Crippen LogP contribution is 2.23. The molecule has 120 valence electrons. The summed E-state index contributed by atoms with van der Waals surface area (Å²) in [5, 5.41) is 0. The van der Waals surface area contributed by atoms with E-state index in [1.54, 1.807) is 4.90 Å². The predicted molar refractivity (Wildman–Crippen MR) is 85.3 cm³/mol. The van der Waals surface area contributed by atoms with E-state index in [1.807, 2.05) is 0 Å². The van der Waals surface area contributed by atoms with Crippen molar-refractivity contribution < 1.29 is 9.69 Å². The molecule has 0 radical (unpaired) electrons. The quantitative estimate of drug-likeness (QED) is 0.844. The fraction of sp³-hybridized carbons (Fsp3) is 0.944. The molecule has 0 aromatic heterocycles. The van der Waals surface area contributed by atoms with E-state index in [9.17, 15) is 4.79 Å². The fourth-order valence-corrected chi connectivity index (χ4v) is 4.65. The maximum absolute atomic E-state index is 12.6. The molecule has 1 amide bonds. The number of piperidine rings is 2. The third-order valence-corrected chi connectivity index (χ3v) is 6.01. The average Bonchev–Trinajstić information content (AvgIpc) is 2.57. The molecule has 21 heavy (non-hydrogen) atoms. The zero-order valence-electron chi connectivity index (χ0n) is 13.6. The van der Waals surface area contributed by atoms with Gasteiger partial charge >= 0.3 is 0 Å². The Kier molecular flexibility index (Phi) is 5.56. The molecule has 3 heteroatoms. The van der Waals surface area contributed by atoms with Crippen LogP contribution in [0.5, 0.6) is 0 Å². The molecule has 3 nitrogen and oxygen atoms in total. The number of quaternary nitrogens is 1. The van der Waals surface area contributed by atoms with Crippen LogP contribution in [0.25, 0.3) is 0 Å². The van der Waals surface area contributed by atoms with Crippen LogP contribution in [0.15, 0.2) is 0 Å². The first kappa shape index (κ1) is 15.3. The lowest BCUT2D eigenvalue weighted by molar-refractivity contribution is -0.909. The lowest BCUT2D eigenvalue weighted by Crippen LogP contribution is -3.13. The highest BCUT2D eigenvalue weighted by Gasteiger charge is 2.32. The average molecular weight is 293 g/mol. The molecule has 0 bridgehead atoms. The van der Waals surface area contributed by atoms with Crippen LogP contribution in [0.1, 0.15) is 64.2 Å². The number of carbonyl (C=O) groups is 1. The Hall–Kier alpha value is -0.570. The summed E-state index contributed by atoms with van der Waals surface area (Å²) in [7, 11) is 0. The third kappa shape index (κ3) is 4.21. The van der Waals surface area contributed by atoms with Crippen LogP contribution >= 0.6 is 0 Å². The summed E-state index contributed by atoms with van der Waals surface area (Å²) in [6, 6.07) is 0. The van der Waals surface area contributed by atoms with Gasteiger partial charge in [0.25, 0.3) is 0 Å². The van der Waals surface area contributed by atoms with Crippen molar-refractivity contribution in [3.05, 3.63) is 0 Å². The van der Waals surface area contributed by atoms with Gasteiger partial charge in [0.2, 0.25) is 5.91 Å². The van der Waals surface area contributed by atoms with Crippen LogP contribution in [0, 0.1) is 11.8 Å². The minimum Gasteiger partial charge on any atom is -0.342 e. The van der Waals surface area contributed by atoms with Crippen molar-refractivity contribution in [2.45, 2.75) is 64.2 Å². The summed E-state index contributed by atoms with van der Waals surface area (Å²) in [5.74, 6) is 1.80. The second kappa shape index (κ2) is 7.62. The zero-order chi connectivity index (χ0) is 14.5. The number of rotatable bonds is 3. The van der Waals surface area contributed by atoms with Gasteiger partial charge in [0.15, 0.2) is 0 Å². The summed E-state index contributed by atoms with van der Waals surface area (Å²) < 4.78 is 0. The molecule has 0 atom stereocenters. The standard InChI is InChI=1S/C18H32N2O/c21-18(20-11-5-2-6-12-20)17-9-13-19(14-10-17)15-16-7-3-1-4-8-16/h16-17H,1-15H2/p+1. The summed E-state index contributed by atoms with van der Waals surface area (Å²) >= 11 is 0. The van der Waals surface area contributed by atoms with E-state index in [0.29, 0.717) is 11.8 Å². The number of carbonyl (C=O) groups excluding carboxylic acids is 1. The molecule has 3 fully saturated rings. The molecule has 1 N–H and O–H groups in total. The van der Waals surface area contributed by atoms with Crippen LogP contribution in [-0.4, -0.2) is 43.5 Å². The number of nitrogens with zero attached hydrogens (tertiary/aromatic N) is 1.